The predicted octanol–water partition coefficient (Wildman–Crippen LogP) is 3.92. The summed E-state index contributed by atoms with van der Waals surface area (Å²) in [4.78, 5) is 25.9. The lowest BCUT2D eigenvalue weighted by atomic mass is 9.96. The van der Waals surface area contributed by atoms with Gasteiger partial charge in [-0.2, -0.15) is 0 Å². The SMILES string of the molecule is CC1CCN(C(=O)OC(C)(C)C)C(Nc2ccc(COC3CCOC3=O)cc2)C1. The summed E-state index contributed by atoms with van der Waals surface area (Å²) < 4.78 is 16.1. The molecule has 2 saturated heterocycles. The number of cyclic esters (lactones) is 1. The largest absolute Gasteiger partial charge is 0.464 e. The van der Waals surface area contributed by atoms with E-state index in [0.717, 1.165) is 24.1 Å². The molecule has 0 bridgehead atoms. The standard InChI is InChI=1S/C22H32N2O5/c1-15-9-11-24(21(26)29-22(2,3)4)19(13-15)23-17-7-5-16(6-8-17)14-28-18-10-12-27-20(18)25/h5-8,15,18-19,23H,9-14H2,1-4H3. The molecule has 3 unspecified atom stereocenters. The van der Waals surface area contributed by atoms with Crippen molar-refractivity contribution in [1.82, 2.24) is 4.90 Å². The Morgan fingerprint density at radius 1 is 1.24 bits per heavy atom. The third kappa shape index (κ3) is 6.10. The Morgan fingerprint density at radius 3 is 2.59 bits per heavy atom. The van der Waals surface area contributed by atoms with Crippen LogP contribution in [0.5, 0.6) is 0 Å². The Kier molecular flexibility index (Phi) is 6.67. The summed E-state index contributed by atoms with van der Waals surface area (Å²) in [6.45, 7) is 9.32. The van der Waals surface area contributed by atoms with Gasteiger partial charge in [0.15, 0.2) is 6.10 Å². The van der Waals surface area contributed by atoms with E-state index in [4.69, 9.17) is 14.2 Å². The second-order valence-corrected chi connectivity index (χ2v) is 8.92. The summed E-state index contributed by atoms with van der Waals surface area (Å²) in [6, 6.07) is 7.87. The van der Waals surface area contributed by atoms with Gasteiger partial charge in [-0.05, 0) is 57.2 Å². The van der Waals surface area contributed by atoms with Gasteiger partial charge in [-0.3, -0.25) is 4.90 Å². The fourth-order valence-electron chi connectivity index (χ4n) is 3.53. The van der Waals surface area contributed by atoms with Crippen LogP contribution in [0.4, 0.5) is 10.5 Å². The molecule has 3 atom stereocenters. The third-order valence-corrected chi connectivity index (χ3v) is 5.12. The molecule has 3 rings (SSSR count). The average Bonchev–Trinajstić information content (AvgIpc) is 3.05. The summed E-state index contributed by atoms with van der Waals surface area (Å²) in [5.74, 6) is 0.252. The van der Waals surface area contributed by atoms with E-state index in [0.29, 0.717) is 32.1 Å². The highest BCUT2D eigenvalue weighted by molar-refractivity contribution is 5.76. The second-order valence-electron chi connectivity index (χ2n) is 8.92. The molecule has 1 amide bonds. The number of hydrogen-bond acceptors (Lipinski definition) is 6. The van der Waals surface area contributed by atoms with Crippen LogP contribution in [-0.4, -0.2) is 48.0 Å². The maximum atomic E-state index is 12.6. The van der Waals surface area contributed by atoms with Gasteiger partial charge in [0.05, 0.1) is 13.2 Å². The van der Waals surface area contributed by atoms with E-state index in [1.54, 1.807) is 4.90 Å². The van der Waals surface area contributed by atoms with E-state index < -0.39 is 11.7 Å². The molecule has 0 radical (unpaired) electrons. The fourth-order valence-corrected chi connectivity index (χ4v) is 3.53. The number of esters is 1. The zero-order valence-corrected chi connectivity index (χ0v) is 17.8. The molecule has 160 valence electrons. The first-order valence-corrected chi connectivity index (χ1v) is 10.3. The first-order valence-electron chi connectivity index (χ1n) is 10.3. The van der Waals surface area contributed by atoms with Crippen molar-refractivity contribution in [3.05, 3.63) is 29.8 Å². The molecule has 1 aromatic rings. The Bertz CT molecular complexity index is 713. The lowest BCUT2D eigenvalue weighted by molar-refractivity contribution is -0.147. The van der Waals surface area contributed by atoms with Crippen LogP contribution in [0.3, 0.4) is 0 Å². The molecule has 29 heavy (non-hydrogen) atoms. The zero-order valence-electron chi connectivity index (χ0n) is 17.8. The van der Waals surface area contributed by atoms with Crippen LogP contribution >= 0.6 is 0 Å². The van der Waals surface area contributed by atoms with Crippen molar-refractivity contribution >= 4 is 17.7 Å². The summed E-state index contributed by atoms with van der Waals surface area (Å²) in [6.07, 6.45) is 1.60. The molecule has 0 saturated carbocycles. The van der Waals surface area contributed by atoms with Gasteiger partial charge in [0, 0.05) is 18.7 Å². The molecule has 2 heterocycles. The Hall–Kier alpha value is -2.28. The maximum absolute atomic E-state index is 12.6. The zero-order chi connectivity index (χ0) is 21.0. The summed E-state index contributed by atoms with van der Waals surface area (Å²) in [5, 5.41) is 3.47. The number of carbonyl (C=O) groups excluding carboxylic acids is 2. The molecule has 1 aromatic carbocycles. The number of hydrogen-bond donors (Lipinski definition) is 1. The number of nitrogens with one attached hydrogen (secondary N) is 1. The minimum Gasteiger partial charge on any atom is -0.464 e. The van der Waals surface area contributed by atoms with Crippen LogP contribution < -0.4 is 5.32 Å². The van der Waals surface area contributed by atoms with Crippen molar-refractivity contribution in [3.63, 3.8) is 0 Å². The number of rotatable bonds is 5. The smallest absolute Gasteiger partial charge is 0.411 e. The van der Waals surface area contributed by atoms with Gasteiger partial charge in [0.1, 0.15) is 11.8 Å². The van der Waals surface area contributed by atoms with Crippen LogP contribution in [0.1, 0.15) is 52.5 Å². The lowest BCUT2D eigenvalue weighted by Gasteiger charge is -2.39. The topological polar surface area (TPSA) is 77.1 Å². The molecule has 0 aliphatic carbocycles. The van der Waals surface area contributed by atoms with Crippen LogP contribution in [-0.2, 0) is 25.6 Å². The van der Waals surface area contributed by atoms with Crippen molar-refractivity contribution in [3.8, 4) is 0 Å². The Balaban J connectivity index is 1.58. The van der Waals surface area contributed by atoms with Gasteiger partial charge in [-0.15, -0.1) is 0 Å². The van der Waals surface area contributed by atoms with Gasteiger partial charge >= 0.3 is 12.1 Å². The minimum atomic E-state index is -0.516. The van der Waals surface area contributed by atoms with Gasteiger partial charge in [-0.1, -0.05) is 19.1 Å². The van der Waals surface area contributed by atoms with E-state index in [1.165, 1.54) is 0 Å². The summed E-state index contributed by atoms with van der Waals surface area (Å²) in [7, 11) is 0. The third-order valence-electron chi connectivity index (χ3n) is 5.12. The van der Waals surface area contributed by atoms with Gasteiger partial charge < -0.3 is 19.5 Å². The van der Waals surface area contributed by atoms with E-state index in [9.17, 15) is 9.59 Å². The molecule has 2 aliphatic heterocycles. The number of likely N-dealkylation sites (tertiary alicyclic amines) is 1. The normalized spacial score (nSPS) is 24.9. The molecule has 2 fully saturated rings. The van der Waals surface area contributed by atoms with Gasteiger partial charge in [0.2, 0.25) is 0 Å². The number of nitrogens with zero attached hydrogens (tertiary/aromatic N) is 1. The molecule has 1 N–H and O–H groups in total. The second kappa shape index (κ2) is 9.03. The quantitative estimate of drug-likeness (QED) is 0.750. The number of benzene rings is 1. The lowest BCUT2D eigenvalue weighted by Crippen LogP contribution is -2.51. The molecular formula is C22H32N2O5. The molecular weight excluding hydrogens is 372 g/mol. The van der Waals surface area contributed by atoms with Crippen molar-refractivity contribution in [2.75, 3.05) is 18.5 Å². The highest BCUT2D eigenvalue weighted by atomic mass is 16.6. The number of carbonyl (C=O) groups is 2. The first kappa shape index (κ1) is 21.4. The van der Waals surface area contributed by atoms with Crippen molar-refractivity contribution < 1.29 is 23.8 Å². The van der Waals surface area contributed by atoms with Gasteiger partial charge in [0.25, 0.3) is 0 Å². The minimum absolute atomic E-state index is 0.107. The maximum Gasteiger partial charge on any atom is 0.411 e. The Morgan fingerprint density at radius 2 is 1.97 bits per heavy atom. The van der Waals surface area contributed by atoms with Crippen molar-refractivity contribution in [2.45, 2.75) is 71.4 Å². The highest BCUT2D eigenvalue weighted by Gasteiger charge is 2.33. The molecule has 2 aliphatic rings. The average molecular weight is 405 g/mol. The van der Waals surface area contributed by atoms with Crippen LogP contribution in [0.15, 0.2) is 24.3 Å². The fraction of sp³-hybridized carbons (Fsp3) is 0.636. The number of amides is 1. The van der Waals surface area contributed by atoms with Gasteiger partial charge in [-0.25, -0.2) is 9.59 Å². The molecule has 0 spiro atoms. The van der Waals surface area contributed by atoms with Crippen LogP contribution in [0, 0.1) is 5.92 Å². The van der Waals surface area contributed by atoms with E-state index in [2.05, 4.69) is 12.2 Å². The highest BCUT2D eigenvalue weighted by Crippen LogP contribution is 2.26. The van der Waals surface area contributed by atoms with E-state index in [-0.39, 0.29) is 18.2 Å². The molecule has 0 aromatic heterocycles. The summed E-state index contributed by atoms with van der Waals surface area (Å²) >= 11 is 0. The summed E-state index contributed by atoms with van der Waals surface area (Å²) in [5.41, 5.74) is 1.40. The Labute approximate surface area is 172 Å². The number of anilines is 1. The van der Waals surface area contributed by atoms with Crippen LogP contribution in [0.25, 0.3) is 0 Å². The first-order chi connectivity index (χ1) is 13.7. The number of piperidine rings is 1. The van der Waals surface area contributed by atoms with Crippen molar-refractivity contribution in [2.24, 2.45) is 5.92 Å². The van der Waals surface area contributed by atoms with E-state index in [1.807, 2.05) is 45.0 Å². The monoisotopic (exact) mass is 404 g/mol. The molecule has 7 heteroatoms. The molecule has 7 nitrogen and oxygen atoms in total. The number of ether oxygens (including phenoxy) is 3. The van der Waals surface area contributed by atoms with E-state index >= 15 is 0 Å². The van der Waals surface area contributed by atoms with Crippen LogP contribution in [0.2, 0.25) is 0 Å². The van der Waals surface area contributed by atoms with Crippen molar-refractivity contribution in [1.29, 1.82) is 0 Å². The predicted molar refractivity (Wildman–Crippen MR) is 109 cm³/mol.